The number of halogens is 2. The standard InChI is InChI=1S/C22H22ClFN4O4S2/c23-17-12-16(6-7-18(17)24)26-21(29)20-13-19(22-25-8-11-33-22)27-34(30,31)28(20)9-10-32-14-15-4-2-1-3-5-15/h1-8,11-12,19-20,27H,9-10,13-14H2,(H,26,29)/t19-,20+/m0/s1. The first-order valence-electron chi connectivity index (χ1n) is 10.4. The van der Waals surface area contributed by atoms with Gasteiger partial charge in [0.25, 0.3) is 10.2 Å². The van der Waals surface area contributed by atoms with E-state index in [1.54, 1.807) is 11.6 Å². The number of aromatic nitrogens is 1. The molecular weight excluding hydrogens is 503 g/mol. The molecule has 2 atom stereocenters. The molecule has 2 N–H and O–H groups in total. The van der Waals surface area contributed by atoms with Crippen LogP contribution in [0.5, 0.6) is 0 Å². The molecule has 1 aliphatic heterocycles. The van der Waals surface area contributed by atoms with Crippen LogP contribution in [0.2, 0.25) is 5.02 Å². The fourth-order valence-electron chi connectivity index (χ4n) is 3.59. The van der Waals surface area contributed by atoms with Crippen molar-refractivity contribution >= 4 is 44.7 Å². The molecule has 0 aliphatic carbocycles. The Bertz CT molecular complexity index is 1230. The molecule has 1 amide bonds. The average molecular weight is 525 g/mol. The average Bonchev–Trinajstić information content (AvgIpc) is 3.35. The third-order valence-electron chi connectivity index (χ3n) is 5.21. The normalized spacial score (nSPS) is 20.2. The minimum Gasteiger partial charge on any atom is -0.375 e. The van der Waals surface area contributed by atoms with Gasteiger partial charge in [-0.25, -0.2) is 9.37 Å². The summed E-state index contributed by atoms with van der Waals surface area (Å²) < 4.78 is 49.1. The molecule has 0 spiro atoms. The van der Waals surface area contributed by atoms with Crippen LogP contribution in [0, 0.1) is 5.82 Å². The van der Waals surface area contributed by atoms with Crippen LogP contribution in [0.25, 0.3) is 0 Å². The molecule has 34 heavy (non-hydrogen) atoms. The zero-order valence-electron chi connectivity index (χ0n) is 17.9. The highest BCUT2D eigenvalue weighted by atomic mass is 35.5. The van der Waals surface area contributed by atoms with Crippen molar-refractivity contribution in [3.05, 3.63) is 81.5 Å². The Morgan fingerprint density at radius 1 is 1.29 bits per heavy atom. The minimum absolute atomic E-state index is 0.0327. The maximum absolute atomic E-state index is 13.5. The van der Waals surface area contributed by atoms with Gasteiger partial charge in [0.15, 0.2) is 0 Å². The van der Waals surface area contributed by atoms with Crippen LogP contribution in [-0.2, 0) is 26.3 Å². The van der Waals surface area contributed by atoms with Gasteiger partial charge in [0.1, 0.15) is 16.9 Å². The summed E-state index contributed by atoms with van der Waals surface area (Å²) in [6.45, 7) is 0.369. The number of carbonyl (C=O) groups excluding carboxylic acids is 1. The molecule has 0 saturated carbocycles. The number of benzene rings is 2. The van der Waals surface area contributed by atoms with Crippen LogP contribution in [0.1, 0.15) is 23.0 Å². The highest BCUT2D eigenvalue weighted by Gasteiger charge is 2.43. The van der Waals surface area contributed by atoms with Crippen molar-refractivity contribution < 1.29 is 22.3 Å². The molecule has 1 aliphatic rings. The Hall–Kier alpha value is -2.41. The summed E-state index contributed by atoms with van der Waals surface area (Å²) in [4.78, 5) is 17.4. The number of hydrogen-bond acceptors (Lipinski definition) is 6. The molecule has 2 heterocycles. The first-order valence-corrected chi connectivity index (χ1v) is 13.1. The Morgan fingerprint density at radius 3 is 2.79 bits per heavy atom. The van der Waals surface area contributed by atoms with Crippen molar-refractivity contribution in [2.24, 2.45) is 0 Å². The molecule has 1 aromatic heterocycles. The Balaban J connectivity index is 1.50. The van der Waals surface area contributed by atoms with E-state index in [0.717, 1.165) is 15.9 Å². The quantitative estimate of drug-likeness (QED) is 0.437. The molecule has 2 aromatic carbocycles. The van der Waals surface area contributed by atoms with Crippen LogP contribution >= 0.6 is 22.9 Å². The first-order chi connectivity index (χ1) is 16.3. The topological polar surface area (TPSA) is 101 Å². The number of amides is 1. The zero-order chi connectivity index (χ0) is 24.1. The number of ether oxygens (including phenoxy) is 1. The van der Waals surface area contributed by atoms with E-state index in [1.807, 2.05) is 30.3 Å². The number of carbonyl (C=O) groups is 1. The maximum atomic E-state index is 13.5. The summed E-state index contributed by atoms with van der Waals surface area (Å²) in [5, 5.41) is 4.80. The fraction of sp³-hybridized carbons (Fsp3) is 0.273. The van der Waals surface area contributed by atoms with Gasteiger partial charge in [-0.05, 0) is 30.2 Å². The highest BCUT2D eigenvalue weighted by molar-refractivity contribution is 7.87. The largest absolute Gasteiger partial charge is 0.375 e. The Morgan fingerprint density at radius 2 is 2.09 bits per heavy atom. The van der Waals surface area contributed by atoms with E-state index in [2.05, 4.69) is 15.0 Å². The second kappa shape index (κ2) is 10.9. The summed E-state index contributed by atoms with van der Waals surface area (Å²) in [7, 11) is -4.02. The number of thiazole rings is 1. The monoisotopic (exact) mass is 524 g/mol. The SMILES string of the molecule is O=C(Nc1ccc(F)c(Cl)c1)[C@H]1C[C@@H](c2nccs2)NS(=O)(=O)N1CCOCc1ccccc1. The lowest BCUT2D eigenvalue weighted by Crippen LogP contribution is -2.58. The summed E-state index contributed by atoms with van der Waals surface area (Å²) in [5.74, 6) is -1.18. The van der Waals surface area contributed by atoms with Gasteiger partial charge >= 0.3 is 0 Å². The molecular formula is C22H22ClFN4O4S2. The molecule has 0 radical (unpaired) electrons. The van der Waals surface area contributed by atoms with Crippen molar-refractivity contribution in [1.82, 2.24) is 14.0 Å². The molecule has 0 bridgehead atoms. The lowest BCUT2D eigenvalue weighted by atomic mass is 10.1. The van der Waals surface area contributed by atoms with Gasteiger partial charge in [-0.2, -0.15) is 17.4 Å². The van der Waals surface area contributed by atoms with Crippen LogP contribution in [-0.4, -0.2) is 42.8 Å². The summed E-state index contributed by atoms with van der Waals surface area (Å²) >= 11 is 7.12. The third kappa shape index (κ3) is 5.98. The lowest BCUT2D eigenvalue weighted by molar-refractivity contribution is -0.120. The van der Waals surface area contributed by atoms with Gasteiger partial charge in [-0.1, -0.05) is 41.9 Å². The number of nitrogens with zero attached hydrogens (tertiary/aromatic N) is 2. The molecule has 0 unspecified atom stereocenters. The van der Waals surface area contributed by atoms with Crippen LogP contribution in [0.3, 0.4) is 0 Å². The smallest absolute Gasteiger partial charge is 0.280 e. The summed E-state index contributed by atoms with van der Waals surface area (Å²) in [5.41, 5.74) is 1.21. The van der Waals surface area contributed by atoms with E-state index in [9.17, 15) is 17.6 Å². The van der Waals surface area contributed by atoms with E-state index in [4.69, 9.17) is 16.3 Å². The van der Waals surface area contributed by atoms with E-state index >= 15 is 0 Å². The third-order valence-corrected chi connectivity index (χ3v) is 8.03. The molecule has 1 fully saturated rings. The van der Waals surface area contributed by atoms with Gasteiger partial charge in [0.2, 0.25) is 5.91 Å². The highest BCUT2D eigenvalue weighted by Crippen LogP contribution is 2.30. The van der Waals surface area contributed by atoms with Gasteiger partial charge in [-0.3, -0.25) is 4.79 Å². The molecule has 8 nitrogen and oxygen atoms in total. The molecule has 3 aromatic rings. The predicted molar refractivity (Wildman–Crippen MR) is 128 cm³/mol. The molecule has 4 rings (SSSR count). The van der Waals surface area contributed by atoms with Crippen LogP contribution in [0.15, 0.2) is 60.1 Å². The van der Waals surface area contributed by atoms with Crippen LogP contribution in [0.4, 0.5) is 10.1 Å². The van der Waals surface area contributed by atoms with Crippen molar-refractivity contribution in [2.45, 2.75) is 25.1 Å². The van der Waals surface area contributed by atoms with E-state index in [1.165, 1.54) is 23.5 Å². The first kappa shape index (κ1) is 24.7. The molecule has 12 heteroatoms. The summed E-state index contributed by atoms with van der Waals surface area (Å²) in [6.07, 6.45) is 1.74. The summed E-state index contributed by atoms with van der Waals surface area (Å²) in [6, 6.07) is 11.6. The second-order valence-corrected chi connectivity index (χ2v) is 10.6. The van der Waals surface area contributed by atoms with Crippen molar-refractivity contribution in [2.75, 3.05) is 18.5 Å². The van der Waals surface area contributed by atoms with E-state index in [0.29, 0.717) is 11.6 Å². The number of hydrogen-bond donors (Lipinski definition) is 2. The van der Waals surface area contributed by atoms with Crippen molar-refractivity contribution in [3.63, 3.8) is 0 Å². The van der Waals surface area contributed by atoms with E-state index < -0.39 is 34.0 Å². The lowest BCUT2D eigenvalue weighted by Gasteiger charge is -2.37. The van der Waals surface area contributed by atoms with Gasteiger partial charge in [-0.15, -0.1) is 11.3 Å². The number of nitrogens with one attached hydrogen (secondary N) is 2. The second-order valence-electron chi connectivity index (χ2n) is 7.56. The molecule has 1 saturated heterocycles. The Kier molecular flexibility index (Phi) is 7.91. The predicted octanol–water partition coefficient (Wildman–Crippen LogP) is 3.74. The van der Waals surface area contributed by atoms with Gasteiger partial charge in [0, 0.05) is 23.8 Å². The van der Waals surface area contributed by atoms with Crippen LogP contribution < -0.4 is 10.0 Å². The van der Waals surface area contributed by atoms with E-state index in [-0.39, 0.29) is 30.3 Å². The fourth-order valence-corrected chi connectivity index (χ4v) is 6.09. The van der Waals surface area contributed by atoms with Crippen molar-refractivity contribution in [1.29, 1.82) is 0 Å². The Labute approximate surface area is 205 Å². The van der Waals surface area contributed by atoms with Gasteiger partial charge in [0.05, 0.1) is 24.3 Å². The number of rotatable bonds is 8. The molecule has 180 valence electrons. The maximum Gasteiger partial charge on any atom is 0.280 e. The minimum atomic E-state index is -4.02. The number of anilines is 1. The zero-order valence-corrected chi connectivity index (χ0v) is 20.2. The van der Waals surface area contributed by atoms with Crippen molar-refractivity contribution in [3.8, 4) is 0 Å². The van der Waals surface area contributed by atoms with Gasteiger partial charge < -0.3 is 10.1 Å².